The van der Waals surface area contributed by atoms with E-state index in [9.17, 15) is 5.26 Å². The smallest absolute Gasteiger partial charge is 0.132 e. The fourth-order valence-electron chi connectivity index (χ4n) is 1.71. The Balaban J connectivity index is 2.42. The maximum atomic E-state index is 9.21. The van der Waals surface area contributed by atoms with E-state index in [-0.39, 0.29) is 6.10 Å². The molecular formula is C11H20N2O2. The summed E-state index contributed by atoms with van der Waals surface area (Å²) in [4.78, 5) is 0. The Labute approximate surface area is 91.6 Å². The van der Waals surface area contributed by atoms with E-state index in [1.165, 1.54) is 0 Å². The Bertz CT molecular complexity index is 235. The van der Waals surface area contributed by atoms with Gasteiger partial charge in [-0.3, -0.25) is 0 Å². The number of nitriles is 1. The number of hydrogen-bond acceptors (Lipinski definition) is 4. The van der Waals surface area contributed by atoms with Gasteiger partial charge >= 0.3 is 0 Å². The average Bonchev–Trinajstić information content (AvgIpc) is 3.05. The molecule has 0 aromatic carbocycles. The molecule has 0 radical (unpaired) electrons. The molecule has 4 heteroatoms. The zero-order chi connectivity index (χ0) is 11.3. The van der Waals surface area contributed by atoms with Crippen LogP contribution in [0.1, 0.15) is 19.8 Å². The van der Waals surface area contributed by atoms with Gasteiger partial charge in [0.15, 0.2) is 0 Å². The lowest BCUT2D eigenvalue weighted by molar-refractivity contribution is -0.0127. The molecule has 0 heterocycles. The third-order valence-electron chi connectivity index (χ3n) is 2.92. The summed E-state index contributed by atoms with van der Waals surface area (Å²) in [5.74, 6) is 0.447. The molecule has 0 spiro atoms. The lowest BCUT2D eigenvalue weighted by Gasteiger charge is -2.27. The van der Waals surface area contributed by atoms with Gasteiger partial charge in [-0.15, -0.1) is 0 Å². The van der Waals surface area contributed by atoms with Crippen molar-refractivity contribution in [3.05, 3.63) is 0 Å². The SMILES string of the molecule is CNC(C#N)(COC(C)COC)C1CC1. The Kier molecular flexibility index (Phi) is 4.52. The van der Waals surface area contributed by atoms with Crippen LogP contribution in [-0.4, -0.2) is 39.0 Å². The standard InChI is InChI=1S/C11H20N2O2/c1-9(6-14-3)15-8-11(7-12,13-2)10-4-5-10/h9-10,13H,4-6,8H2,1-3H3. The van der Waals surface area contributed by atoms with Crippen LogP contribution in [0.15, 0.2) is 0 Å². The minimum Gasteiger partial charge on any atom is -0.382 e. The van der Waals surface area contributed by atoms with Crippen molar-refractivity contribution in [2.75, 3.05) is 27.4 Å². The highest BCUT2D eigenvalue weighted by atomic mass is 16.5. The third kappa shape index (κ3) is 3.16. The van der Waals surface area contributed by atoms with E-state index in [2.05, 4.69) is 11.4 Å². The Morgan fingerprint density at radius 2 is 2.27 bits per heavy atom. The van der Waals surface area contributed by atoms with E-state index < -0.39 is 5.54 Å². The van der Waals surface area contributed by atoms with Crippen molar-refractivity contribution in [1.29, 1.82) is 5.26 Å². The minimum absolute atomic E-state index is 0.0369. The molecule has 0 saturated heterocycles. The van der Waals surface area contributed by atoms with E-state index in [1.807, 2.05) is 14.0 Å². The highest BCUT2D eigenvalue weighted by Gasteiger charge is 2.45. The molecule has 1 saturated carbocycles. The molecular weight excluding hydrogens is 192 g/mol. The van der Waals surface area contributed by atoms with Gasteiger partial charge < -0.3 is 14.8 Å². The summed E-state index contributed by atoms with van der Waals surface area (Å²) in [6.45, 7) is 2.96. The summed E-state index contributed by atoms with van der Waals surface area (Å²) >= 11 is 0. The topological polar surface area (TPSA) is 54.3 Å². The van der Waals surface area contributed by atoms with Crippen molar-refractivity contribution < 1.29 is 9.47 Å². The lowest BCUT2D eigenvalue weighted by atomic mass is 9.96. The van der Waals surface area contributed by atoms with E-state index in [1.54, 1.807) is 7.11 Å². The predicted octanol–water partition coefficient (Wildman–Crippen LogP) is 0.930. The van der Waals surface area contributed by atoms with E-state index in [0.717, 1.165) is 12.8 Å². The molecule has 0 aliphatic heterocycles. The van der Waals surface area contributed by atoms with Crippen molar-refractivity contribution in [2.45, 2.75) is 31.4 Å². The van der Waals surface area contributed by atoms with Crippen LogP contribution in [-0.2, 0) is 9.47 Å². The van der Waals surface area contributed by atoms with Crippen LogP contribution < -0.4 is 5.32 Å². The van der Waals surface area contributed by atoms with Crippen LogP contribution in [0.3, 0.4) is 0 Å². The van der Waals surface area contributed by atoms with Gasteiger partial charge in [-0.1, -0.05) is 0 Å². The van der Waals surface area contributed by atoms with Crippen LogP contribution in [0.5, 0.6) is 0 Å². The fraction of sp³-hybridized carbons (Fsp3) is 0.909. The van der Waals surface area contributed by atoms with Gasteiger partial charge in [-0.2, -0.15) is 5.26 Å². The average molecular weight is 212 g/mol. The predicted molar refractivity (Wildman–Crippen MR) is 57.4 cm³/mol. The highest BCUT2D eigenvalue weighted by molar-refractivity contribution is 5.14. The van der Waals surface area contributed by atoms with Gasteiger partial charge in [0, 0.05) is 7.11 Å². The fourth-order valence-corrected chi connectivity index (χ4v) is 1.71. The van der Waals surface area contributed by atoms with Crippen molar-refractivity contribution in [3.63, 3.8) is 0 Å². The Hall–Kier alpha value is -0.630. The van der Waals surface area contributed by atoms with Gasteiger partial charge in [0.05, 0.1) is 25.4 Å². The van der Waals surface area contributed by atoms with Gasteiger partial charge in [0.25, 0.3) is 0 Å². The van der Waals surface area contributed by atoms with Crippen LogP contribution in [0.25, 0.3) is 0 Å². The number of hydrogen-bond donors (Lipinski definition) is 1. The molecule has 1 rings (SSSR count). The zero-order valence-corrected chi connectivity index (χ0v) is 9.75. The number of nitrogens with zero attached hydrogens (tertiary/aromatic N) is 1. The molecule has 4 nitrogen and oxygen atoms in total. The first-order chi connectivity index (χ1) is 7.18. The third-order valence-corrected chi connectivity index (χ3v) is 2.92. The molecule has 0 aromatic heterocycles. The Morgan fingerprint density at radius 1 is 1.60 bits per heavy atom. The zero-order valence-electron chi connectivity index (χ0n) is 9.75. The first-order valence-electron chi connectivity index (χ1n) is 5.39. The molecule has 1 N–H and O–H groups in total. The van der Waals surface area contributed by atoms with Gasteiger partial charge in [0.2, 0.25) is 0 Å². The molecule has 1 aliphatic rings. The molecule has 15 heavy (non-hydrogen) atoms. The first kappa shape index (κ1) is 12.4. The maximum absolute atomic E-state index is 9.21. The van der Waals surface area contributed by atoms with E-state index in [4.69, 9.17) is 9.47 Å². The number of ether oxygens (including phenoxy) is 2. The molecule has 0 amide bonds. The summed E-state index contributed by atoms with van der Waals surface area (Å²) < 4.78 is 10.6. The quantitative estimate of drug-likeness (QED) is 0.682. The molecule has 0 bridgehead atoms. The summed E-state index contributed by atoms with van der Waals surface area (Å²) in [5, 5.41) is 12.3. The summed E-state index contributed by atoms with van der Waals surface area (Å²) in [6, 6.07) is 2.35. The van der Waals surface area contributed by atoms with Crippen LogP contribution in [0.2, 0.25) is 0 Å². The second kappa shape index (κ2) is 5.45. The highest BCUT2D eigenvalue weighted by Crippen LogP contribution is 2.39. The van der Waals surface area contributed by atoms with Crippen molar-refractivity contribution >= 4 is 0 Å². The van der Waals surface area contributed by atoms with E-state index in [0.29, 0.717) is 19.1 Å². The number of likely N-dealkylation sites (N-methyl/N-ethyl adjacent to an activating group) is 1. The number of methoxy groups -OCH3 is 1. The van der Waals surface area contributed by atoms with Crippen molar-refractivity contribution in [3.8, 4) is 6.07 Å². The molecule has 1 aliphatic carbocycles. The van der Waals surface area contributed by atoms with Crippen molar-refractivity contribution in [2.24, 2.45) is 5.92 Å². The van der Waals surface area contributed by atoms with Crippen molar-refractivity contribution in [1.82, 2.24) is 5.32 Å². The maximum Gasteiger partial charge on any atom is 0.132 e. The summed E-state index contributed by atoms with van der Waals surface area (Å²) in [6.07, 6.45) is 2.28. The minimum atomic E-state index is -0.498. The summed E-state index contributed by atoms with van der Waals surface area (Å²) in [5.41, 5.74) is -0.498. The molecule has 0 aromatic rings. The Morgan fingerprint density at radius 3 is 2.67 bits per heavy atom. The monoisotopic (exact) mass is 212 g/mol. The van der Waals surface area contributed by atoms with E-state index >= 15 is 0 Å². The first-order valence-corrected chi connectivity index (χ1v) is 5.39. The largest absolute Gasteiger partial charge is 0.382 e. The van der Waals surface area contributed by atoms with Crippen LogP contribution in [0.4, 0.5) is 0 Å². The van der Waals surface area contributed by atoms with Gasteiger partial charge in [-0.05, 0) is 32.7 Å². The molecule has 2 unspecified atom stereocenters. The molecule has 86 valence electrons. The molecule has 1 fully saturated rings. The molecule has 2 atom stereocenters. The second-order valence-electron chi connectivity index (χ2n) is 4.18. The summed E-state index contributed by atoms with van der Waals surface area (Å²) in [7, 11) is 3.47. The van der Waals surface area contributed by atoms with Gasteiger partial charge in [0.1, 0.15) is 5.54 Å². The second-order valence-corrected chi connectivity index (χ2v) is 4.18. The van der Waals surface area contributed by atoms with Gasteiger partial charge in [-0.25, -0.2) is 0 Å². The normalized spacial score (nSPS) is 21.7. The lowest BCUT2D eigenvalue weighted by Crippen LogP contribution is -2.49. The van der Waals surface area contributed by atoms with Crippen LogP contribution in [0, 0.1) is 17.2 Å². The number of nitrogens with one attached hydrogen (secondary N) is 1. The number of rotatable bonds is 7. The van der Waals surface area contributed by atoms with Crippen LogP contribution >= 0.6 is 0 Å².